The first kappa shape index (κ1) is 19.3. The zero-order chi connectivity index (χ0) is 20.5. The standard InChI is InChI=1S/C23H26N2O4/c1-15(26)25-13-18-12-24(14-21(18)22(25)16-7-5-4-6-8-16)23(27)17-9-19(28-2)11-20(10-17)29-3/h4-11,18,21-22H,12-14H2,1-3H3/t18-,21-,22-/m1/s1. The zero-order valence-electron chi connectivity index (χ0n) is 17.0. The molecule has 2 fully saturated rings. The number of amides is 2. The molecule has 0 N–H and O–H groups in total. The molecule has 0 spiro atoms. The Hall–Kier alpha value is -3.02. The minimum absolute atomic E-state index is 0.0105. The van der Waals surface area contributed by atoms with Gasteiger partial charge < -0.3 is 19.3 Å². The van der Waals surface area contributed by atoms with Crippen molar-refractivity contribution in [2.75, 3.05) is 33.9 Å². The minimum Gasteiger partial charge on any atom is -0.497 e. The third-order valence-electron chi connectivity index (χ3n) is 6.10. The van der Waals surface area contributed by atoms with Crippen molar-refractivity contribution in [1.82, 2.24) is 9.80 Å². The molecule has 2 aliphatic rings. The van der Waals surface area contributed by atoms with Crippen LogP contribution in [0.25, 0.3) is 0 Å². The van der Waals surface area contributed by atoms with Gasteiger partial charge in [0.05, 0.1) is 20.3 Å². The first-order chi connectivity index (χ1) is 14.0. The maximum absolute atomic E-state index is 13.2. The molecular formula is C23H26N2O4. The molecule has 2 aromatic carbocycles. The van der Waals surface area contributed by atoms with E-state index in [2.05, 4.69) is 12.1 Å². The minimum atomic E-state index is -0.0298. The van der Waals surface area contributed by atoms with Crippen molar-refractivity contribution < 1.29 is 19.1 Å². The summed E-state index contributed by atoms with van der Waals surface area (Å²) < 4.78 is 10.6. The third-order valence-corrected chi connectivity index (χ3v) is 6.10. The first-order valence-electron chi connectivity index (χ1n) is 9.86. The number of carbonyl (C=O) groups excluding carboxylic acids is 2. The highest BCUT2D eigenvalue weighted by Crippen LogP contribution is 2.45. The lowest BCUT2D eigenvalue weighted by molar-refractivity contribution is -0.130. The van der Waals surface area contributed by atoms with Gasteiger partial charge >= 0.3 is 0 Å². The highest BCUT2D eigenvalue weighted by molar-refractivity contribution is 5.95. The Bertz CT molecular complexity index is 892. The number of fused-ring (bicyclic) bond motifs is 1. The molecule has 2 saturated heterocycles. The molecule has 6 heteroatoms. The van der Waals surface area contributed by atoms with Gasteiger partial charge in [-0.2, -0.15) is 0 Å². The summed E-state index contributed by atoms with van der Waals surface area (Å²) in [5.41, 5.74) is 1.69. The van der Waals surface area contributed by atoms with E-state index in [4.69, 9.17) is 9.47 Å². The lowest BCUT2D eigenvalue weighted by atomic mass is 9.89. The van der Waals surface area contributed by atoms with Crippen molar-refractivity contribution >= 4 is 11.8 Å². The summed E-state index contributed by atoms with van der Waals surface area (Å²) in [4.78, 5) is 29.3. The Labute approximate surface area is 171 Å². The number of nitrogens with zero attached hydrogens (tertiary/aromatic N) is 2. The summed E-state index contributed by atoms with van der Waals surface area (Å²) in [6.45, 7) is 3.59. The first-order valence-corrected chi connectivity index (χ1v) is 9.86. The summed E-state index contributed by atoms with van der Waals surface area (Å²) in [6.07, 6.45) is 0. The van der Waals surface area contributed by atoms with Crippen molar-refractivity contribution in [1.29, 1.82) is 0 Å². The quantitative estimate of drug-likeness (QED) is 0.800. The van der Waals surface area contributed by atoms with Crippen LogP contribution >= 0.6 is 0 Å². The van der Waals surface area contributed by atoms with Crippen molar-refractivity contribution in [3.05, 3.63) is 59.7 Å². The van der Waals surface area contributed by atoms with Crippen LogP contribution in [0.4, 0.5) is 0 Å². The van der Waals surface area contributed by atoms with Gasteiger partial charge in [0, 0.05) is 50.0 Å². The maximum atomic E-state index is 13.2. The van der Waals surface area contributed by atoms with Crippen LogP contribution in [0.1, 0.15) is 28.9 Å². The number of ether oxygens (including phenoxy) is 2. The summed E-state index contributed by atoms with van der Waals surface area (Å²) in [6, 6.07) is 15.4. The van der Waals surface area contributed by atoms with Crippen LogP contribution < -0.4 is 9.47 Å². The van der Waals surface area contributed by atoms with E-state index in [-0.39, 0.29) is 29.7 Å². The van der Waals surface area contributed by atoms with Crippen LogP contribution in [0.5, 0.6) is 11.5 Å². The molecule has 2 aromatic rings. The molecule has 152 valence electrons. The highest BCUT2D eigenvalue weighted by Gasteiger charge is 2.49. The zero-order valence-corrected chi connectivity index (χ0v) is 17.0. The van der Waals surface area contributed by atoms with E-state index in [9.17, 15) is 9.59 Å². The Morgan fingerprint density at radius 2 is 1.59 bits per heavy atom. The smallest absolute Gasteiger partial charge is 0.254 e. The Morgan fingerprint density at radius 1 is 0.931 bits per heavy atom. The fourth-order valence-electron chi connectivity index (χ4n) is 4.73. The molecule has 2 amide bonds. The molecule has 0 aliphatic carbocycles. The van der Waals surface area contributed by atoms with Crippen LogP contribution in [-0.4, -0.2) is 55.5 Å². The number of hydrogen-bond donors (Lipinski definition) is 0. The fraction of sp³-hybridized carbons (Fsp3) is 0.391. The number of likely N-dealkylation sites (tertiary alicyclic amines) is 2. The van der Waals surface area contributed by atoms with Crippen LogP contribution in [0.2, 0.25) is 0 Å². The van der Waals surface area contributed by atoms with Crippen LogP contribution in [0, 0.1) is 11.8 Å². The molecule has 0 aromatic heterocycles. The molecule has 0 unspecified atom stereocenters. The number of carbonyl (C=O) groups is 2. The SMILES string of the molecule is COc1cc(OC)cc(C(=O)N2C[C@@H]3CN(C(C)=O)[C@H](c4ccccc4)[C@@H]3C2)c1. The summed E-state index contributed by atoms with van der Waals surface area (Å²) in [7, 11) is 3.15. The van der Waals surface area contributed by atoms with E-state index in [0.29, 0.717) is 36.7 Å². The average molecular weight is 394 g/mol. The van der Waals surface area contributed by atoms with Crippen LogP contribution in [0.3, 0.4) is 0 Å². The fourth-order valence-corrected chi connectivity index (χ4v) is 4.73. The maximum Gasteiger partial charge on any atom is 0.254 e. The van der Waals surface area contributed by atoms with Gasteiger partial charge in [0.2, 0.25) is 5.91 Å². The van der Waals surface area contributed by atoms with E-state index in [1.54, 1.807) is 39.3 Å². The molecular weight excluding hydrogens is 368 g/mol. The van der Waals surface area contributed by atoms with E-state index in [1.807, 2.05) is 28.0 Å². The largest absolute Gasteiger partial charge is 0.497 e. The molecule has 2 aliphatic heterocycles. The van der Waals surface area contributed by atoms with E-state index >= 15 is 0 Å². The Balaban J connectivity index is 1.59. The van der Waals surface area contributed by atoms with Gasteiger partial charge in [-0.1, -0.05) is 30.3 Å². The second-order valence-corrected chi connectivity index (χ2v) is 7.76. The van der Waals surface area contributed by atoms with Gasteiger partial charge in [-0.3, -0.25) is 9.59 Å². The van der Waals surface area contributed by atoms with Crippen molar-refractivity contribution in [3.8, 4) is 11.5 Å². The van der Waals surface area contributed by atoms with E-state index in [1.165, 1.54) is 0 Å². The molecule has 2 heterocycles. The molecule has 0 radical (unpaired) electrons. The number of methoxy groups -OCH3 is 2. The van der Waals surface area contributed by atoms with Crippen LogP contribution in [-0.2, 0) is 4.79 Å². The van der Waals surface area contributed by atoms with Gasteiger partial charge in [-0.25, -0.2) is 0 Å². The lowest BCUT2D eigenvalue weighted by Gasteiger charge is -2.29. The van der Waals surface area contributed by atoms with Crippen molar-refractivity contribution in [3.63, 3.8) is 0 Å². The molecule has 6 nitrogen and oxygen atoms in total. The number of benzene rings is 2. The molecule has 4 rings (SSSR count). The summed E-state index contributed by atoms with van der Waals surface area (Å²) in [5, 5.41) is 0. The summed E-state index contributed by atoms with van der Waals surface area (Å²) in [5.74, 6) is 1.76. The molecule has 3 atom stereocenters. The van der Waals surface area contributed by atoms with Crippen molar-refractivity contribution in [2.45, 2.75) is 13.0 Å². The Morgan fingerprint density at radius 3 is 2.17 bits per heavy atom. The number of rotatable bonds is 4. The average Bonchev–Trinajstić information content (AvgIpc) is 3.31. The topological polar surface area (TPSA) is 59.1 Å². The van der Waals surface area contributed by atoms with Crippen molar-refractivity contribution in [2.24, 2.45) is 11.8 Å². The van der Waals surface area contributed by atoms with Gasteiger partial charge in [-0.15, -0.1) is 0 Å². The summed E-state index contributed by atoms with van der Waals surface area (Å²) >= 11 is 0. The van der Waals surface area contributed by atoms with E-state index < -0.39 is 0 Å². The lowest BCUT2D eigenvalue weighted by Crippen LogP contribution is -2.36. The van der Waals surface area contributed by atoms with Gasteiger partial charge in [-0.05, 0) is 17.7 Å². The Kier molecular flexibility index (Phi) is 5.18. The predicted octanol–water partition coefficient (Wildman–Crippen LogP) is 3.00. The highest BCUT2D eigenvalue weighted by atomic mass is 16.5. The normalized spacial score (nSPS) is 23.1. The second kappa shape index (κ2) is 7.78. The van der Waals surface area contributed by atoms with Crippen LogP contribution in [0.15, 0.2) is 48.5 Å². The number of hydrogen-bond acceptors (Lipinski definition) is 4. The third kappa shape index (κ3) is 3.55. The second-order valence-electron chi connectivity index (χ2n) is 7.76. The van der Waals surface area contributed by atoms with Gasteiger partial charge in [0.25, 0.3) is 5.91 Å². The molecule has 0 saturated carbocycles. The molecule has 29 heavy (non-hydrogen) atoms. The van der Waals surface area contributed by atoms with Gasteiger partial charge in [0.15, 0.2) is 0 Å². The predicted molar refractivity (Wildman–Crippen MR) is 109 cm³/mol. The van der Waals surface area contributed by atoms with Gasteiger partial charge in [0.1, 0.15) is 11.5 Å². The van der Waals surface area contributed by atoms with E-state index in [0.717, 1.165) is 5.56 Å². The monoisotopic (exact) mass is 394 g/mol. The molecule has 0 bridgehead atoms.